The lowest BCUT2D eigenvalue weighted by Crippen LogP contribution is -2.21. The molecule has 0 unspecified atom stereocenters. The third kappa shape index (κ3) is 2.49. The molecule has 1 heterocycles. The molecule has 1 aliphatic carbocycles. The Labute approximate surface area is 89.3 Å². The van der Waals surface area contributed by atoms with Gasteiger partial charge in [0.2, 0.25) is 11.8 Å². The number of methoxy groups -OCH3 is 1. The van der Waals surface area contributed by atoms with Gasteiger partial charge >= 0.3 is 0 Å². The molecule has 1 aromatic heterocycles. The van der Waals surface area contributed by atoms with Crippen molar-refractivity contribution in [1.29, 1.82) is 0 Å². The van der Waals surface area contributed by atoms with Crippen LogP contribution in [0.3, 0.4) is 0 Å². The van der Waals surface area contributed by atoms with Gasteiger partial charge in [0.05, 0.1) is 7.11 Å². The topological polar surface area (TPSA) is 64.3 Å². The molecule has 5 nitrogen and oxygen atoms in total. The standard InChI is InChI=1S/C10H16N4O/c1-14(6-7-3-4-7)8-5-9(15-2)13-10(11)12-8/h5,7H,3-4,6H2,1-2H3,(H2,11,12,13). The Balaban J connectivity index is 2.13. The van der Waals surface area contributed by atoms with Crippen LogP contribution < -0.4 is 15.4 Å². The van der Waals surface area contributed by atoms with Gasteiger partial charge < -0.3 is 15.4 Å². The van der Waals surface area contributed by atoms with Crippen molar-refractivity contribution < 1.29 is 4.74 Å². The first kappa shape index (κ1) is 10.0. The van der Waals surface area contributed by atoms with Crippen molar-refractivity contribution >= 4 is 11.8 Å². The van der Waals surface area contributed by atoms with Crippen LogP contribution in [0, 0.1) is 5.92 Å². The Bertz CT molecular complexity index is 351. The molecule has 1 fully saturated rings. The van der Waals surface area contributed by atoms with Gasteiger partial charge in [-0.15, -0.1) is 0 Å². The first-order valence-electron chi connectivity index (χ1n) is 5.08. The third-order valence-electron chi connectivity index (χ3n) is 2.54. The Hall–Kier alpha value is -1.52. The summed E-state index contributed by atoms with van der Waals surface area (Å²) in [5.41, 5.74) is 5.59. The van der Waals surface area contributed by atoms with E-state index in [9.17, 15) is 0 Å². The van der Waals surface area contributed by atoms with Gasteiger partial charge in [-0.3, -0.25) is 0 Å². The minimum atomic E-state index is 0.256. The van der Waals surface area contributed by atoms with E-state index in [1.54, 1.807) is 13.2 Å². The normalized spacial score (nSPS) is 15.1. The van der Waals surface area contributed by atoms with Crippen LogP contribution in [0.4, 0.5) is 11.8 Å². The van der Waals surface area contributed by atoms with E-state index in [4.69, 9.17) is 10.5 Å². The Morgan fingerprint density at radius 2 is 2.27 bits per heavy atom. The third-order valence-corrected chi connectivity index (χ3v) is 2.54. The number of rotatable bonds is 4. The predicted octanol–water partition coefficient (Wildman–Crippen LogP) is 0.914. The number of nitrogens with two attached hydrogens (primary N) is 1. The molecular weight excluding hydrogens is 192 g/mol. The average molecular weight is 208 g/mol. The lowest BCUT2D eigenvalue weighted by atomic mass is 10.4. The molecule has 0 atom stereocenters. The van der Waals surface area contributed by atoms with Crippen LogP contribution in [-0.4, -0.2) is 30.7 Å². The summed E-state index contributed by atoms with van der Waals surface area (Å²) in [6.07, 6.45) is 2.64. The Morgan fingerprint density at radius 1 is 1.53 bits per heavy atom. The molecule has 0 spiro atoms. The molecule has 1 aliphatic rings. The van der Waals surface area contributed by atoms with Crippen molar-refractivity contribution in [1.82, 2.24) is 9.97 Å². The molecule has 0 radical (unpaired) electrons. The van der Waals surface area contributed by atoms with E-state index in [1.165, 1.54) is 12.8 Å². The molecule has 0 saturated heterocycles. The first-order valence-corrected chi connectivity index (χ1v) is 5.08. The molecule has 82 valence electrons. The van der Waals surface area contributed by atoms with Crippen LogP contribution >= 0.6 is 0 Å². The maximum Gasteiger partial charge on any atom is 0.225 e. The zero-order valence-corrected chi connectivity index (χ0v) is 9.10. The number of ether oxygens (including phenoxy) is 1. The average Bonchev–Trinajstić information content (AvgIpc) is 3.00. The van der Waals surface area contributed by atoms with Crippen molar-refractivity contribution in [3.05, 3.63) is 6.07 Å². The highest BCUT2D eigenvalue weighted by Crippen LogP contribution is 2.30. The van der Waals surface area contributed by atoms with Crippen molar-refractivity contribution in [3.63, 3.8) is 0 Å². The van der Waals surface area contributed by atoms with Crippen LogP contribution in [0.25, 0.3) is 0 Å². The fourth-order valence-electron chi connectivity index (χ4n) is 1.51. The van der Waals surface area contributed by atoms with Crippen molar-refractivity contribution in [2.45, 2.75) is 12.8 Å². The fourth-order valence-corrected chi connectivity index (χ4v) is 1.51. The highest BCUT2D eigenvalue weighted by Gasteiger charge is 2.23. The molecule has 0 bridgehead atoms. The minimum Gasteiger partial charge on any atom is -0.481 e. The largest absolute Gasteiger partial charge is 0.481 e. The molecule has 5 heteroatoms. The summed E-state index contributed by atoms with van der Waals surface area (Å²) < 4.78 is 5.05. The molecule has 1 saturated carbocycles. The number of hydrogen-bond acceptors (Lipinski definition) is 5. The van der Waals surface area contributed by atoms with Crippen LogP contribution in [0.1, 0.15) is 12.8 Å². The summed E-state index contributed by atoms with van der Waals surface area (Å²) in [7, 11) is 3.59. The van der Waals surface area contributed by atoms with Gasteiger partial charge in [-0.05, 0) is 18.8 Å². The SMILES string of the molecule is COc1cc(N(C)CC2CC2)nc(N)n1. The van der Waals surface area contributed by atoms with Crippen LogP contribution in [0.2, 0.25) is 0 Å². The number of anilines is 2. The van der Waals surface area contributed by atoms with E-state index in [0.717, 1.165) is 18.3 Å². The fraction of sp³-hybridized carbons (Fsp3) is 0.600. The summed E-state index contributed by atoms with van der Waals surface area (Å²) in [5, 5.41) is 0. The van der Waals surface area contributed by atoms with Crippen LogP contribution in [0.5, 0.6) is 5.88 Å². The van der Waals surface area contributed by atoms with Gasteiger partial charge in [0.15, 0.2) is 0 Å². The van der Waals surface area contributed by atoms with E-state index < -0.39 is 0 Å². The monoisotopic (exact) mass is 208 g/mol. The van der Waals surface area contributed by atoms with Gasteiger partial charge in [-0.25, -0.2) is 0 Å². The molecule has 0 aromatic carbocycles. The Kier molecular flexibility index (Phi) is 2.62. The number of aromatic nitrogens is 2. The maximum absolute atomic E-state index is 5.59. The number of nitrogens with zero attached hydrogens (tertiary/aromatic N) is 3. The number of nitrogen functional groups attached to an aromatic ring is 1. The summed E-state index contributed by atoms with van der Waals surface area (Å²) in [5.74, 6) is 2.41. The van der Waals surface area contributed by atoms with E-state index in [2.05, 4.69) is 14.9 Å². The first-order chi connectivity index (χ1) is 7.19. The molecule has 1 aromatic rings. The summed E-state index contributed by atoms with van der Waals surface area (Å²) in [4.78, 5) is 10.2. The van der Waals surface area contributed by atoms with E-state index in [1.807, 2.05) is 7.05 Å². The Morgan fingerprint density at radius 3 is 2.87 bits per heavy atom. The maximum atomic E-state index is 5.59. The minimum absolute atomic E-state index is 0.256. The zero-order valence-electron chi connectivity index (χ0n) is 9.10. The lowest BCUT2D eigenvalue weighted by Gasteiger charge is -2.18. The molecular formula is C10H16N4O. The lowest BCUT2D eigenvalue weighted by molar-refractivity contribution is 0.397. The quantitative estimate of drug-likeness (QED) is 0.797. The van der Waals surface area contributed by atoms with Crippen LogP contribution in [0.15, 0.2) is 6.07 Å². The van der Waals surface area contributed by atoms with Gasteiger partial charge in [-0.1, -0.05) is 0 Å². The second-order valence-electron chi connectivity index (χ2n) is 3.95. The molecule has 2 N–H and O–H groups in total. The molecule has 2 rings (SSSR count). The molecule has 0 aliphatic heterocycles. The highest BCUT2D eigenvalue weighted by molar-refractivity contribution is 5.44. The molecule has 15 heavy (non-hydrogen) atoms. The van der Waals surface area contributed by atoms with Crippen molar-refractivity contribution in [3.8, 4) is 5.88 Å². The summed E-state index contributed by atoms with van der Waals surface area (Å²) in [6, 6.07) is 1.80. The zero-order chi connectivity index (χ0) is 10.8. The van der Waals surface area contributed by atoms with E-state index in [0.29, 0.717) is 5.88 Å². The van der Waals surface area contributed by atoms with Gasteiger partial charge in [0, 0.05) is 19.7 Å². The van der Waals surface area contributed by atoms with Gasteiger partial charge in [-0.2, -0.15) is 9.97 Å². The van der Waals surface area contributed by atoms with E-state index >= 15 is 0 Å². The molecule has 0 amide bonds. The second kappa shape index (κ2) is 3.92. The second-order valence-corrected chi connectivity index (χ2v) is 3.95. The summed E-state index contributed by atoms with van der Waals surface area (Å²) >= 11 is 0. The van der Waals surface area contributed by atoms with Gasteiger partial charge in [0.25, 0.3) is 0 Å². The summed E-state index contributed by atoms with van der Waals surface area (Å²) in [6.45, 7) is 1.03. The smallest absolute Gasteiger partial charge is 0.225 e. The van der Waals surface area contributed by atoms with Crippen LogP contribution in [-0.2, 0) is 0 Å². The highest BCUT2D eigenvalue weighted by atomic mass is 16.5. The van der Waals surface area contributed by atoms with Gasteiger partial charge in [0.1, 0.15) is 5.82 Å². The van der Waals surface area contributed by atoms with Crippen molar-refractivity contribution in [2.24, 2.45) is 5.92 Å². The van der Waals surface area contributed by atoms with E-state index in [-0.39, 0.29) is 5.95 Å². The van der Waals surface area contributed by atoms with Crippen molar-refractivity contribution in [2.75, 3.05) is 31.3 Å². The number of hydrogen-bond donors (Lipinski definition) is 1. The predicted molar refractivity (Wildman–Crippen MR) is 59.0 cm³/mol.